The van der Waals surface area contributed by atoms with Crippen LogP contribution in [0.25, 0.3) is 0 Å². The summed E-state index contributed by atoms with van der Waals surface area (Å²) in [6.07, 6.45) is 0. The third kappa shape index (κ3) is 2.49. The molecule has 0 bridgehead atoms. The van der Waals surface area contributed by atoms with E-state index in [2.05, 4.69) is 15.9 Å². The Kier molecular flexibility index (Phi) is 3.73. The number of halogens is 2. The smallest absolute Gasteiger partial charge is 0.262 e. The zero-order valence-electron chi connectivity index (χ0n) is 7.24. The molecule has 0 heterocycles. The van der Waals surface area contributed by atoms with Gasteiger partial charge in [0.25, 0.3) is 9.05 Å². The van der Waals surface area contributed by atoms with Gasteiger partial charge in [0.2, 0.25) is 0 Å². The van der Waals surface area contributed by atoms with E-state index in [1.807, 2.05) is 0 Å². The van der Waals surface area contributed by atoms with Crippen molar-refractivity contribution in [3.05, 3.63) is 27.7 Å². The van der Waals surface area contributed by atoms with E-state index in [1.54, 1.807) is 6.07 Å². The predicted molar refractivity (Wildman–Crippen MR) is 57.8 cm³/mol. The van der Waals surface area contributed by atoms with Crippen LogP contribution in [0.15, 0.2) is 21.5 Å². The number of nitrogens with zero attached hydrogens (tertiary/aromatic N) is 1. The van der Waals surface area contributed by atoms with Gasteiger partial charge in [-0.25, -0.2) is 8.42 Å². The van der Waals surface area contributed by atoms with E-state index in [4.69, 9.17) is 21.1 Å². The van der Waals surface area contributed by atoms with Gasteiger partial charge in [-0.15, -0.1) is 0 Å². The van der Waals surface area contributed by atoms with Crippen LogP contribution in [-0.2, 0) is 15.7 Å². The molecule has 0 radical (unpaired) electrons. The highest BCUT2D eigenvalue weighted by Gasteiger charge is 2.21. The number of hydrogen-bond acceptors (Lipinski definition) is 4. The zero-order valence-corrected chi connectivity index (χ0v) is 10.4. The summed E-state index contributed by atoms with van der Waals surface area (Å²) in [7, 11) is 1.20. The zero-order chi connectivity index (χ0) is 11.6. The first kappa shape index (κ1) is 12.5. The lowest BCUT2D eigenvalue weighted by molar-refractivity contribution is 0.278. The number of aliphatic hydroxyl groups excluding tert-OH is 1. The molecule has 1 N–H and O–H groups in total. The average Bonchev–Trinajstić information content (AvgIpc) is 2.15. The van der Waals surface area contributed by atoms with Crippen molar-refractivity contribution < 1.29 is 13.5 Å². The molecule has 7 heteroatoms. The Balaban J connectivity index is 3.71. The Morgan fingerprint density at radius 3 is 2.53 bits per heavy atom. The second-order valence-corrected chi connectivity index (χ2v) is 5.97. The highest BCUT2D eigenvalue weighted by molar-refractivity contribution is 9.10. The van der Waals surface area contributed by atoms with Crippen LogP contribution in [0.2, 0.25) is 0 Å². The van der Waals surface area contributed by atoms with Gasteiger partial charge in [-0.1, -0.05) is 0 Å². The molecule has 0 aliphatic rings. The SMILES string of the molecule is N#Cc1ccc(Br)c(S(=O)(=O)Cl)c1CO. The first-order valence-corrected chi connectivity index (χ1v) is 6.79. The molecule has 15 heavy (non-hydrogen) atoms. The fourth-order valence-electron chi connectivity index (χ4n) is 1.12. The number of rotatable bonds is 2. The van der Waals surface area contributed by atoms with Gasteiger partial charge in [-0.3, -0.25) is 0 Å². The molecule has 0 fully saturated rings. The second kappa shape index (κ2) is 4.49. The Morgan fingerprint density at radius 2 is 2.13 bits per heavy atom. The fourth-order valence-corrected chi connectivity index (χ4v) is 3.71. The standard InChI is InChI=1S/C8H5BrClNO3S/c9-7-2-1-5(3-11)6(4-12)8(7)15(10,13)14/h1-2,12H,4H2. The van der Waals surface area contributed by atoms with E-state index in [1.165, 1.54) is 12.1 Å². The Morgan fingerprint density at radius 1 is 1.53 bits per heavy atom. The molecule has 1 rings (SSSR count). The molecule has 0 aliphatic heterocycles. The lowest BCUT2D eigenvalue weighted by Gasteiger charge is -2.07. The minimum atomic E-state index is -3.99. The van der Waals surface area contributed by atoms with E-state index in [9.17, 15) is 8.42 Å². The lowest BCUT2D eigenvalue weighted by atomic mass is 10.1. The highest BCUT2D eigenvalue weighted by Crippen LogP contribution is 2.30. The molecule has 1 aromatic rings. The average molecular weight is 311 g/mol. The molecular weight excluding hydrogens is 306 g/mol. The molecule has 80 valence electrons. The van der Waals surface area contributed by atoms with Gasteiger partial charge in [0, 0.05) is 20.7 Å². The first-order chi connectivity index (χ1) is 6.91. The van der Waals surface area contributed by atoms with Crippen molar-refractivity contribution in [2.45, 2.75) is 11.5 Å². The molecule has 0 saturated carbocycles. The largest absolute Gasteiger partial charge is 0.392 e. The van der Waals surface area contributed by atoms with Crippen molar-refractivity contribution in [3.63, 3.8) is 0 Å². The van der Waals surface area contributed by atoms with Crippen molar-refractivity contribution >= 4 is 35.7 Å². The summed E-state index contributed by atoms with van der Waals surface area (Å²) in [5.74, 6) is 0. The van der Waals surface area contributed by atoms with Crippen LogP contribution < -0.4 is 0 Å². The maximum atomic E-state index is 11.2. The molecule has 0 amide bonds. The molecule has 0 unspecified atom stereocenters. The number of hydrogen-bond donors (Lipinski definition) is 1. The van der Waals surface area contributed by atoms with E-state index in [0.29, 0.717) is 0 Å². The molecular formula is C8H5BrClNO3S. The summed E-state index contributed by atoms with van der Waals surface area (Å²) in [5.41, 5.74) is 0.0850. The first-order valence-electron chi connectivity index (χ1n) is 3.68. The summed E-state index contributed by atoms with van der Waals surface area (Å²) in [5, 5.41) is 17.7. The second-order valence-electron chi connectivity index (χ2n) is 2.61. The van der Waals surface area contributed by atoms with Crippen LogP contribution in [0.1, 0.15) is 11.1 Å². The molecule has 0 spiro atoms. The van der Waals surface area contributed by atoms with Crippen molar-refractivity contribution in [2.24, 2.45) is 0 Å². The van der Waals surface area contributed by atoms with E-state index >= 15 is 0 Å². The molecule has 0 atom stereocenters. The maximum absolute atomic E-state index is 11.2. The summed E-state index contributed by atoms with van der Waals surface area (Å²) in [6.45, 7) is -0.566. The van der Waals surface area contributed by atoms with Gasteiger partial charge in [0.1, 0.15) is 4.90 Å². The van der Waals surface area contributed by atoms with Gasteiger partial charge in [-0.05, 0) is 28.1 Å². The molecule has 4 nitrogen and oxygen atoms in total. The third-order valence-electron chi connectivity index (χ3n) is 1.73. The Labute approximate surface area is 99.6 Å². The lowest BCUT2D eigenvalue weighted by Crippen LogP contribution is -2.02. The predicted octanol–water partition coefficient (Wildman–Crippen LogP) is 1.74. The molecule has 0 aliphatic carbocycles. The van der Waals surface area contributed by atoms with E-state index < -0.39 is 15.7 Å². The minimum absolute atomic E-state index is 0.00174. The van der Waals surface area contributed by atoms with Gasteiger partial charge >= 0.3 is 0 Å². The normalized spacial score (nSPS) is 11.1. The fraction of sp³-hybridized carbons (Fsp3) is 0.125. The summed E-state index contributed by atoms with van der Waals surface area (Å²) < 4.78 is 22.7. The monoisotopic (exact) mass is 309 g/mol. The minimum Gasteiger partial charge on any atom is -0.392 e. The van der Waals surface area contributed by atoms with Crippen LogP contribution in [0.5, 0.6) is 0 Å². The van der Waals surface area contributed by atoms with Gasteiger partial charge in [0.05, 0.1) is 18.2 Å². The van der Waals surface area contributed by atoms with Gasteiger partial charge in [-0.2, -0.15) is 5.26 Å². The summed E-state index contributed by atoms with van der Waals surface area (Å²) >= 11 is 3.00. The number of aliphatic hydroxyl groups is 1. The van der Waals surface area contributed by atoms with Crippen LogP contribution in [-0.4, -0.2) is 13.5 Å². The molecule has 1 aromatic carbocycles. The van der Waals surface area contributed by atoms with Gasteiger partial charge in [0.15, 0.2) is 0 Å². The summed E-state index contributed by atoms with van der Waals surface area (Å²) in [4.78, 5) is -0.259. The summed E-state index contributed by atoms with van der Waals surface area (Å²) in [6, 6.07) is 4.58. The van der Waals surface area contributed by atoms with Crippen molar-refractivity contribution in [3.8, 4) is 6.07 Å². The van der Waals surface area contributed by atoms with Crippen LogP contribution in [0, 0.1) is 11.3 Å². The van der Waals surface area contributed by atoms with Crippen molar-refractivity contribution in [1.29, 1.82) is 5.26 Å². The maximum Gasteiger partial charge on any atom is 0.262 e. The van der Waals surface area contributed by atoms with Crippen molar-refractivity contribution in [1.82, 2.24) is 0 Å². The number of nitriles is 1. The van der Waals surface area contributed by atoms with Crippen LogP contribution in [0.4, 0.5) is 0 Å². The Bertz CT molecular complexity index is 536. The molecule has 0 aromatic heterocycles. The Hall–Kier alpha value is -0.610. The number of benzene rings is 1. The third-order valence-corrected chi connectivity index (χ3v) is 4.07. The highest BCUT2D eigenvalue weighted by atomic mass is 79.9. The quantitative estimate of drug-likeness (QED) is 0.844. The topological polar surface area (TPSA) is 78.2 Å². The van der Waals surface area contributed by atoms with E-state index in [0.717, 1.165) is 0 Å². The van der Waals surface area contributed by atoms with Crippen LogP contribution in [0.3, 0.4) is 0 Å². The van der Waals surface area contributed by atoms with E-state index in [-0.39, 0.29) is 20.5 Å². The van der Waals surface area contributed by atoms with Crippen LogP contribution >= 0.6 is 26.6 Å². The molecule has 0 saturated heterocycles. The van der Waals surface area contributed by atoms with Gasteiger partial charge < -0.3 is 5.11 Å². The van der Waals surface area contributed by atoms with Crippen molar-refractivity contribution in [2.75, 3.05) is 0 Å².